The molecule has 4 nitrogen and oxygen atoms in total. The Balaban J connectivity index is 1.80. The molecule has 2 aromatic carbocycles. The number of nitrogens with two attached hydrogens (primary N) is 1. The van der Waals surface area contributed by atoms with Gasteiger partial charge in [-0.1, -0.05) is 34.1 Å². The van der Waals surface area contributed by atoms with E-state index in [1.54, 1.807) is 6.07 Å². The van der Waals surface area contributed by atoms with Crippen LogP contribution in [-0.2, 0) is 6.54 Å². The zero-order valence-corrected chi connectivity index (χ0v) is 11.6. The molecule has 0 aliphatic rings. The summed E-state index contributed by atoms with van der Waals surface area (Å²) < 4.78 is 6.65. The van der Waals surface area contributed by atoms with E-state index in [-0.39, 0.29) is 0 Å². The molecule has 0 atom stereocenters. The quantitative estimate of drug-likeness (QED) is 0.721. The van der Waals surface area contributed by atoms with Gasteiger partial charge in [0.25, 0.3) is 6.01 Å². The lowest BCUT2D eigenvalue weighted by Crippen LogP contribution is -1.99. The number of hydrogen-bond acceptors (Lipinski definition) is 4. The molecule has 0 amide bonds. The van der Waals surface area contributed by atoms with Crippen LogP contribution >= 0.6 is 15.9 Å². The van der Waals surface area contributed by atoms with Gasteiger partial charge in [0.15, 0.2) is 5.58 Å². The number of aromatic nitrogens is 1. The first-order valence-electron chi connectivity index (χ1n) is 5.86. The summed E-state index contributed by atoms with van der Waals surface area (Å²) in [5.74, 6) is 0. The molecule has 1 heterocycles. The molecule has 0 saturated heterocycles. The van der Waals surface area contributed by atoms with Crippen LogP contribution in [0.25, 0.3) is 11.1 Å². The van der Waals surface area contributed by atoms with E-state index in [0.29, 0.717) is 23.8 Å². The molecule has 0 radical (unpaired) electrons. The Kier molecular flexibility index (Phi) is 3.13. The fraction of sp³-hybridized carbons (Fsp3) is 0.0714. The molecule has 0 bridgehead atoms. The van der Waals surface area contributed by atoms with Crippen molar-refractivity contribution in [3.8, 4) is 0 Å². The second kappa shape index (κ2) is 4.93. The number of oxazole rings is 1. The highest BCUT2D eigenvalue weighted by Crippen LogP contribution is 2.22. The molecule has 5 heteroatoms. The zero-order chi connectivity index (χ0) is 13.2. The summed E-state index contributed by atoms with van der Waals surface area (Å²) in [5.41, 5.74) is 9.00. The molecular formula is C14H12BrN3O. The lowest BCUT2D eigenvalue weighted by Gasteiger charge is -2.03. The Morgan fingerprint density at radius 3 is 2.89 bits per heavy atom. The number of hydrogen-bond donors (Lipinski definition) is 2. The molecule has 0 aliphatic heterocycles. The highest BCUT2D eigenvalue weighted by molar-refractivity contribution is 9.10. The Morgan fingerprint density at radius 2 is 2.05 bits per heavy atom. The first-order chi connectivity index (χ1) is 9.22. The lowest BCUT2D eigenvalue weighted by atomic mass is 10.2. The monoisotopic (exact) mass is 317 g/mol. The minimum atomic E-state index is 0.497. The molecule has 3 aromatic rings. The third kappa shape index (κ3) is 2.56. The zero-order valence-electron chi connectivity index (χ0n) is 10.1. The van der Waals surface area contributed by atoms with Crippen LogP contribution in [0.5, 0.6) is 0 Å². The van der Waals surface area contributed by atoms with Crippen molar-refractivity contribution in [3.63, 3.8) is 0 Å². The first kappa shape index (κ1) is 12.0. The van der Waals surface area contributed by atoms with Gasteiger partial charge in [-0.25, -0.2) is 0 Å². The topological polar surface area (TPSA) is 64.1 Å². The fourth-order valence-corrected chi connectivity index (χ4v) is 2.25. The van der Waals surface area contributed by atoms with Gasteiger partial charge >= 0.3 is 0 Å². The highest BCUT2D eigenvalue weighted by atomic mass is 79.9. The predicted molar refractivity (Wildman–Crippen MR) is 79.9 cm³/mol. The maximum Gasteiger partial charge on any atom is 0.295 e. The average molecular weight is 318 g/mol. The Hall–Kier alpha value is -2.01. The summed E-state index contributed by atoms with van der Waals surface area (Å²) in [6, 6.07) is 13.9. The normalized spacial score (nSPS) is 10.8. The highest BCUT2D eigenvalue weighted by Gasteiger charge is 2.06. The van der Waals surface area contributed by atoms with E-state index < -0.39 is 0 Å². The van der Waals surface area contributed by atoms with E-state index in [9.17, 15) is 0 Å². The molecule has 19 heavy (non-hydrogen) atoms. The van der Waals surface area contributed by atoms with Crippen LogP contribution in [0.1, 0.15) is 5.56 Å². The minimum Gasteiger partial charge on any atom is -0.423 e. The van der Waals surface area contributed by atoms with E-state index in [1.165, 1.54) is 0 Å². The molecule has 3 rings (SSSR count). The van der Waals surface area contributed by atoms with Gasteiger partial charge < -0.3 is 15.5 Å². The predicted octanol–water partition coefficient (Wildman–Crippen LogP) is 3.78. The van der Waals surface area contributed by atoms with Crippen LogP contribution in [0.3, 0.4) is 0 Å². The van der Waals surface area contributed by atoms with E-state index in [4.69, 9.17) is 10.2 Å². The Labute approximate surface area is 118 Å². The second-order valence-corrected chi connectivity index (χ2v) is 5.05. The number of nitrogen functional groups attached to an aromatic ring is 1. The number of rotatable bonds is 3. The van der Waals surface area contributed by atoms with Crippen molar-refractivity contribution >= 4 is 38.7 Å². The van der Waals surface area contributed by atoms with Gasteiger partial charge in [0, 0.05) is 22.8 Å². The van der Waals surface area contributed by atoms with Gasteiger partial charge in [0.1, 0.15) is 5.52 Å². The minimum absolute atomic E-state index is 0.497. The van der Waals surface area contributed by atoms with Crippen LogP contribution in [0, 0.1) is 0 Å². The van der Waals surface area contributed by atoms with Crippen molar-refractivity contribution in [2.75, 3.05) is 11.1 Å². The van der Waals surface area contributed by atoms with Crippen molar-refractivity contribution in [2.24, 2.45) is 0 Å². The Bertz CT molecular complexity index is 724. The number of fused-ring (bicyclic) bond motifs is 1. The summed E-state index contributed by atoms with van der Waals surface area (Å²) in [5, 5.41) is 3.16. The van der Waals surface area contributed by atoms with Crippen molar-refractivity contribution < 1.29 is 4.42 Å². The van der Waals surface area contributed by atoms with Crippen molar-refractivity contribution in [2.45, 2.75) is 6.54 Å². The molecule has 3 N–H and O–H groups in total. The van der Waals surface area contributed by atoms with Crippen LogP contribution in [0.2, 0.25) is 0 Å². The SMILES string of the molecule is Nc1ccc2nc(NCc3ccccc3Br)oc2c1. The van der Waals surface area contributed by atoms with Crippen LogP contribution in [0.15, 0.2) is 51.4 Å². The third-order valence-corrected chi connectivity index (χ3v) is 3.57. The van der Waals surface area contributed by atoms with Crippen molar-refractivity contribution in [1.29, 1.82) is 0 Å². The Morgan fingerprint density at radius 1 is 1.21 bits per heavy atom. The number of anilines is 2. The molecule has 0 fully saturated rings. The van der Waals surface area contributed by atoms with E-state index in [2.05, 4.69) is 26.2 Å². The summed E-state index contributed by atoms with van der Waals surface area (Å²) in [6.45, 7) is 0.643. The van der Waals surface area contributed by atoms with Gasteiger partial charge in [-0.15, -0.1) is 0 Å². The lowest BCUT2D eigenvalue weighted by molar-refractivity contribution is 0.614. The molecule has 0 aliphatic carbocycles. The van der Waals surface area contributed by atoms with E-state index in [1.807, 2.05) is 36.4 Å². The summed E-state index contributed by atoms with van der Waals surface area (Å²) in [6.07, 6.45) is 0. The van der Waals surface area contributed by atoms with E-state index in [0.717, 1.165) is 15.6 Å². The smallest absolute Gasteiger partial charge is 0.295 e. The summed E-state index contributed by atoms with van der Waals surface area (Å²) in [7, 11) is 0. The maximum atomic E-state index is 5.70. The van der Waals surface area contributed by atoms with Crippen LogP contribution in [0.4, 0.5) is 11.7 Å². The second-order valence-electron chi connectivity index (χ2n) is 4.19. The van der Waals surface area contributed by atoms with Crippen molar-refractivity contribution in [1.82, 2.24) is 4.98 Å². The molecule has 1 aromatic heterocycles. The maximum absolute atomic E-state index is 5.70. The van der Waals surface area contributed by atoms with Crippen LogP contribution in [-0.4, -0.2) is 4.98 Å². The average Bonchev–Trinajstić information content (AvgIpc) is 2.79. The molecular weight excluding hydrogens is 306 g/mol. The largest absolute Gasteiger partial charge is 0.423 e. The molecule has 0 unspecified atom stereocenters. The number of halogens is 1. The summed E-state index contributed by atoms with van der Waals surface area (Å²) >= 11 is 3.51. The number of benzene rings is 2. The molecule has 0 saturated carbocycles. The fourth-order valence-electron chi connectivity index (χ4n) is 1.83. The summed E-state index contributed by atoms with van der Waals surface area (Å²) in [4.78, 5) is 4.35. The van der Waals surface area contributed by atoms with Gasteiger partial charge in [-0.3, -0.25) is 0 Å². The van der Waals surface area contributed by atoms with Gasteiger partial charge in [-0.05, 0) is 23.8 Å². The van der Waals surface area contributed by atoms with Crippen LogP contribution < -0.4 is 11.1 Å². The number of nitrogens with zero attached hydrogens (tertiary/aromatic N) is 1. The first-order valence-corrected chi connectivity index (χ1v) is 6.65. The number of nitrogens with one attached hydrogen (secondary N) is 1. The van der Waals surface area contributed by atoms with Gasteiger partial charge in [0.2, 0.25) is 0 Å². The molecule has 0 spiro atoms. The van der Waals surface area contributed by atoms with E-state index >= 15 is 0 Å². The van der Waals surface area contributed by atoms with Crippen molar-refractivity contribution in [3.05, 3.63) is 52.5 Å². The standard InChI is InChI=1S/C14H12BrN3O/c15-11-4-2-1-3-9(11)8-17-14-18-12-6-5-10(16)7-13(12)19-14/h1-7H,8,16H2,(H,17,18). The third-order valence-electron chi connectivity index (χ3n) is 2.80. The molecule has 96 valence electrons. The van der Waals surface area contributed by atoms with Gasteiger partial charge in [0.05, 0.1) is 0 Å². The van der Waals surface area contributed by atoms with Gasteiger partial charge in [-0.2, -0.15) is 4.98 Å².